The van der Waals surface area contributed by atoms with E-state index in [1.54, 1.807) is 18.2 Å². The summed E-state index contributed by atoms with van der Waals surface area (Å²) in [6, 6.07) is 9.01. The SMILES string of the molecule is COc1cc(C(=O)Nc2ccc(OC)c(S(N)(=O)=O)c2)ccc1OCCC(C)C. The van der Waals surface area contributed by atoms with Gasteiger partial charge in [0.25, 0.3) is 5.91 Å². The van der Waals surface area contributed by atoms with Crippen LogP contribution in [0.2, 0.25) is 0 Å². The van der Waals surface area contributed by atoms with Crippen LogP contribution >= 0.6 is 0 Å². The average Bonchev–Trinajstić information content (AvgIpc) is 2.67. The summed E-state index contributed by atoms with van der Waals surface area (Å²) in [5.74, 6) is 1.14. The number of rotatable bonds is 9. The topological polar surface area (TPSA) is 117 Å². The monoisotopic (exact) mass is 422 g/mol. The molecule has 2 aromatic rings. The number of hydrogen-bond acceptors (Lipinski definition) is 6. The third-order valence-corrected chi connectivity index (χ3v) is 5.04. The highest BCUT2D eigenvalue weighted by molar-refractivity contribution is 7.89. The van der Waals surface area contributed by atoms with Crippen LogP contribution in [0.5, 0.6) is 17.2 Å². The van der Waals surface area contributed by atoms with Crippen molar-refractivity contribution in [1.82, 2.24) is 0 Å². The van der Waals surface area contributed by atoms with Gasteiger partial charge in [-0.15, -0.1) is 0 Å². The first-order chi connectivity index (χ1) is 13.7. The molecule has 0 saturated carbocycles. The van der Waals surface area contributed by atoms with Crippen LogP contribution in [0, 0.1) is 5.92 Å². The van der Waals surface area contributed by atoms with Crippen molar-refractivity contribution in [2.45, 2.75) is 25.2 Å². The standard InChI is InChI=1S/C20H26N2O6S/c1-13(2)9-10-28-16-7-5-14(11-18(16)27-4)20(23)22-15-6-8-17(26-3)19(12-15)29(21,24)25/h5-8,11-13H,9-10H2,1-4H3,(H,22,23)(H2,21,24,25). The summed E-state index contributed by atoms with van der Waals surface area (Å²) in [5, 5.41) is 7.85. The molecular formula is C20H26N2O6S. The molecule has 0 atom stereocenters. The number of primary sulfonamides is 1. The Labute approximate surface area is 171 Å². The number of methoxy groups -OCH3 is 2. The lowest BCUT2D eigenvalue weighted by atomic mass is 10.1. The lowest BCUT2D eigenvalue weighted by Gasteiger charge is -2.14. The molecule has 0 unspecified atom stereocenters. The number of ether oxygens (including phenoxy) is 3. The van der Waals surface area contributed by atoms with Gasteiger partial charge in [-0.1, -0.05) is 13.8 Å². The molecule has 158 valence electrons. The van der Waals surface area contributed by atoms with E-state index in [0.29, 0.717) is 29.6 Å². The van der Waals surface area contributed by atoms with Crippen LogP contribution in [-0.4, -0.2) is 35.2 Å². The van der Waals surface area contributed by atoms with Crippen LogP contribution in [0.25, 0.3) is 0 Å². The molecule has 0 aliphatic heterocycles. The smallest absolute Gasteiger partial charge is 0.255 e. The highest BCUT2D eigenvalue weighted by atomic mass is 32.2. The minimum Gasteiger partial charge on any atom is -0.495 e. The normalized spacial score (nSPS) is 11.2. The van der Waals surface area contributed by atoms with Crippen molar-refractivity contribution in [1.29, 1.82) is 0 Å². The third-order valence-electron chi connectivity index (χ3n) is 4.11. The number of nitrogens with one attached hydrogen (secondary N) is 1. The fourth-order valence-corrected chi connectivity index (χ4v) is 3.24. The Morgan fingerprint density at radius 3 is 2.28 bits per heavy atom. The molecule has 0 bridgehead atoms. The van der Waals surface area contributed by atoms with Gasteiger partial charge in [0.1, 0.15) is 10.6 Å². The first-order valence-corrected chi connectivity index (χ1v) is 10.5. The van der Waals surface area contributed by atoms with Crippen LogP contribution < -0.4 is 24.7 Å². The third kappa shape index (κ3) is 6.10. The van der Waals surface area contributed by atoms with Gasteiger partial charge < -0.3 is 19.5 Å². The van der Waals surface area contributed by atoms with Gasteiger partial charge in [-0.25, -0.2) is 13.6 Å². The molecule has 3 N–H and O–H groups in total. The second-order valence-electron chi connectivity index (χ2n) is 6.76. The van der Waals surface area contributed by atoms with Crippen molar-refractivity contribution >= 4 is 21.6 Å². The van der Waals surface area contributed by atoms with Crippen molar-refractivity contribution in [3.63, 3.8) is 0 Å². The number of carbonyl (C=O) groups excluding carboxylic acids is 1. The van der Waals surface area contributed by atoms with Gasteiger partial charge in [0.2, 0.25) is 10.0 Å². The quantitative estimate of drug-likeness (QED) is 0.641. The van der Waals surface area contributed by atoms with Crippen LogP contribution in [0.4, 0.5) is 5.69 Å². The number of carbonyl (C=O) groups is 1. The van der Waals surface area contributed by atoms with Crippen molar-refractivity contribution in [3.8, 4) is 17.2 Å². The molecule has 1 amide bonds. The Kier molecular flexibility index (Phi) is 7.46. The minimum absolute atomic E-state index is 0.0927. The number of anilines is 1. The number of benzene rings is 2. The molecule has 29 heavy (non-hydrogen) atoms. The van der Waals surface area contributed by atoms with Gasteiger partial charge in [-0.05, 0) is 48.7 Å². The lowest BCUT2D eigenvalue weighted by Crippen LogP contribution is -2.16. The molecule has 2 rings (SSSR count). The molecule has 0 aromatic heterocycles. The van der Waals surface area contributed by atoms with Crippen molar-refractivity contribution in [2.75, 3.05) is 26.1 Å². The fourth-order valence-electron chi connectivity index (χ4n) is 2.51. The van der Waals surface area contributed by atoms with Crippen molar-refractivity contribution in [3.05, 3.63) is 42.0 Å². The highest BCUT2D eigenvalue weighted by Gasteiger charge is 2.17. The Morgan fingerprint density at radius 1 is 1.03 bits per heavy atom. The average molecular weight is 423 g/mol. The molecular weight excluding hydrogens is 396 g/mol. The van der Waals surface area contributed by atoms with Crippen LogP contribution in [0.1, 0.15) is 30.6 Å². The second kappa shape index (κ2) is 9.62. The second-order valence-corrected chi connectivity index (χ2v) is 8.29. The Bertz CT molecular complexity index is 973. The molecule has 8 nitrogen and oxygen atoms in total. The maximum atomic E-state index is 12.6. The summed E-state index contributed by atoms with van der Waals surface area (Å²) in [4.78, 5) is 12.4. The summed E-state index contributed by atoms with van der Waals surface area (Å²) >= 11 is 0. The summed E-state index contributed by atoms with van der Waals surface area (Å²) in [7, 11) is -1.19. The molecule has 0 heterocycles. The van der Waals surface area contributed by atoms with Crippen molar-refractivity contribution in [2.24, 2.45) is 11.1 Å². The zero-order chi connectivity index (χ0) is 21.6. The largest absolute Gasteiger partial charge is 0.495 e. The van der Waals surface area contributed by atoms with E-state index in [-0.39, 0.29) is 16.3 Å². The van der Waals surface area contributed by atoms with Gasteiger partial charge >= 0.3 is 0 Å². The van der Waals surface area contributed by atoms with E-state index >= 15 is 0 Å². The summed E-state index contributed by atoms with van der Waals surface area (Å²) < 4.78 is 39.5. The van der Waals surface area contributed by atoms with E-state index in [2.05, 4.69) is 19.2 Å². The van der Waals surface area contributed by atoms with Gasteiger partial charge in [0, 0.05) is 11.3 Å². The first kappa shape index (κ1) is 22.5. The zero-order valence-corrected chi connectivity index (χ0v) is 17.7. The predicted molar refractivity (Wildman–Crippen MR) is 110 cm³/mol. The van der Waals surface area contributed by atoms with Gasteiger partial charge in [0.15, 0.2) is 11.5 Å². The number of sulfonamides is 1. The van der Waals surface area contributed by atoms with E-state index in [4.69, 9.17) is 19.3 Å². The molecule has 9 heteroatoms. The number of nitrogens with two attached hydrogens (primary N) is 1. The van der Waals surface area contributed by atoms with Gasteiger partial charge in [-0.3, -0.25) is 4.79 Å². The number of hydrogen-bond donors (Lipinski definition) is 2. The maximum absolute atomic E-state index is 12.6. The molecule has 0 aliphatic carbocycles. The molecule has 0 saturated heterocycles. The van der Waals surface area contributed by atoms with E-state index in [9.17, 15) is 13.2 Å². The highest BCUT2D eigenvalue weighted by Crippen LogP contribution is 2.30. The van der Waals surface area contributed by atoms with E-state index in [0.717, 1.165) is 6.42 Å². The first-order valence-electron chi connectivity index (χ1n) is 8.98. The summed E-state index contributed by atoms with van der Waals surface area (Å²) in [6.07, 6.45) is 0.898. The molecule has 0 spiro atoms. The minimum atomic E-state index is -4.01. The van der Waals surface area contributed by atoms with E-state index in [1.807, 2.05) is 0 Å². The van der Waals surface area contributed by atoms with Crippen molar-refractivity contribution < 1.29 is 27.4 Å². The van der Waals surface area contributed by atoms with Crippen LogP contribution in [0.3, 0.4) is 0 Å². The molecule has 0 aliphatic rings. The molecule has 2 aromatic carbocycles. The van der Waals surface area contributed by atoms with Gasteiger partial charge in [-0.2, -0.15) is 0 Å². The van der Waals surface area contributed by atoms with Gasteiger partial charge in [0.05, 0.1) is 20.8 Å². The molecule has 0 fully saturated rings. The Morgan fingerprint density at radius 2 is 1.69 bits per heavy atom. The number of amides is 1. The lowest BCUT2D eigenvalue weighted by molar-refractivity contribution is 0.102. The zero-order valence-electron chi connectivity index (χ0n) is 16.9. The predicted octanol–water partition coefficient (Wildman–Crippen LogP) is 3.03. The summed E-state index contributed by atoms with van der Waals surface area (Å²) in [6.45, 7) is 4.75. The van der Waals surface area contributed by atoms with E-state index < -0.39 is 15.9 Å². The Hall–Kier alpha value is -2.78. The maximum Gasteiger partial charge on any atom is 0.255 e. The van der Waals surface area contributed by atoms with E-state index in [1.165, 1.54) is 32.4 Å². The summed E-state index contributed by atoms with van der Waals surface area (Å²) in [5.41, 5.74) is 0.585. The molecule has 0 radical (unpaired) electrons. The van der Waals surface area contributed by atoms with Crippen LogP contribution in [-0.2, 0) is 10.0 Å². The van der Waals surface area contributed by atoms with Crippen LogP contribution in [0.15, 0.2) is 41.3 Å². The fraction of sp³-hybridized carbons (Fsp3) is 0.350. The Balaban J connectivity index is 2.20.